The maximum absolute atomic E-state index is 5.53. The number of pyridine rings is 1. The van der Waals surface area contributed by atoms with Gasteiger partial charge in [0.05, 0.1) is 18.5 Å². The quantitative estimate of drug-likeness (QED) is 0.677. The highest BCUT2D eigenvalue weighted by atomic mass is 16.5. The molecule has 3 nitrogen and oxygen atoms in total. The summed E-state index contributed by atoms with van der Waals surface area (Å²) in [5, 5.41) is 0. The summed E-state index contributed by atoms with van der Waals surface area (Å²) in [6, 6.07) is 3.87. The molecule has 1 unspecified atom stereocenters. The molecule has 1 fully saturated rings. The van der Waals surface area contributed by atoms with Crippen LogP contribution in [0.4, 0.5) is 5.69 Å². The van der Waals surface area contributed by atoms with Crippen LogP contribution in [0.5, 0.6) is 0 Å². The third-order valence-corrected chi connectivity index (χ3v) is 2.16. The molecule has 1 aliphatic heterocycles. The molecule has 0 bridgehead atoms. The summed E-state index contributed by atoms with van der Waals surface area (Å²) in [5.41, 5.74) is 7.35. The molecule has 12 heavy (non-hydrogen) atoms. The van der Waals surface area contributed by atoms with Crippen molar-refractivity contribution in [3.63, 3.8) is 0 Å². The van der Waals surface area contributed by atoms with Crippen molar-refractivity contribution in [2.24, 2.45) is 0 Å². The van der Waals surface area contributed by atoms with Gasteiger partial charge in [-0.15, -0.1) is 0 Å². The molecule has 3 heteroatoms. The fourth-order valence-corrected chi connectivity index (χ4v) is 1.43. The van der Waals surface area contributed by atoms with Gasteiger partial charge in [-0.25, -0.2) is 0 Å². The Bertz CT molecular complexity index is 252. The summed E-state index contributed by atoms with van der Waals surface area (Å²) in [6.45, 7) is 1.66. The van der Waals surface area contributed by atoms with Crippen molar-refractivity contribution in [3.05, 3.63) is 24.0 Å². The Labute approximate surface area is 71.6 Å². The monoisotopic (exact) mass is 164 g/mol. The second-order valence-electron chi connectivity index (χ2n) is 3.08. The van der Waals surface area contributed by atoms with Crippen LogP contribution in [0.3, 0.4) is 0 Å². The molecular formula is C9H12N2O. The van der Waals surface area contributed by atoms with E-state index in [9.17, 15) is 0 Å². The van der Waals surface area contributed by atoms with Crippen molar-refractivity contribution in [1.82, 2.24) is 4.98 Å². The minimum atomic E-state index is 0.477. The highest BCUT2D eigenvalue weighted by Crippen LogP contribution is 2.23. The molecule has 1 aromatic rings. The molecule has 0 saturated carbocycles. The van der Waals surface area contributed by atoms with Crippen LogP contribution < -0.4 is 5.73 Å². The molecule has 0 aromatic carbocycles. The Hall–Kier alpha value is -1.09. The van der Waals surface area contributed by atoms with E-state index >= 15 is 0 Å². The van der Waals surface area contributed by atoms with Gasteiger partial charge in [-0.2, -0.15) is 0 Å². The average molecular weight is 164 g/mol. The van der Waals surface area contributed by atoms with Crippen LogP contribution in [0.15, 0.2) is 18.3 Å². The van der Waals surface area contributed by atoms with Crippen LogP contribution in [0, 0.1) is 0 Å². The van der Waals surface area contributed by atoms with Crippen LogP contribution in [-0.2, 0) is 4.74 Å². The molecule has 2 rings (SSSR count). The summed E-state index contributed by atoms with van der Waals surface area (Å²) < 4.78 is 5.27. The molecule has 1 saturated heterocycles. The summed E-state index contributed by atoms with van der Waals surface area (Å²) in [6.07, 6.45) is 2.78. The third kappa shape index (κ3) is 1.41. The van der Waals surface area contributed by atoms with Gasteiger partial charge in [0.25, 0.3) is 0 Å². The minimum Gasteiger partial charge on any atom is -0.397 e. The first-order valence-corrected chi connectivity index (χ1v) is 4.15. The normalized spacial score (nSPS) is 22.8. The second kappa shape index (κ2) is 3.11. The fourth-order valence-electron chi connectivity index (χ4n) is 1.43. The van der Waals surface area contributed by atoms with E-state index in [-0.39, 0.29) is 0 Å². The molecule has 0 aliphatic carbocycles. The molecule has 2 N–H and O–H groups in total. The fraction of sp³-hybridized carbons (Fsp3) is 0.444. The maximum Gasteiger partial charge on any atom is 0.0550 e. The van der Waals surface area contributed by atoms with E-state index < -0.39 is 0 Å². The smallest absolute Gasteiger partial charge is 0.0550 e. The van der Waals surface area contributed by atoms with Gasteiger partial charge in [-0.1, -0.05) is 0 Å². The molecule has 1 aromatic heterocycles. The minimum absolute atomic E-state index is 0.477. The topological polar surface area (TPSA) is 48.1 Å². The van der Waals surface area contributed by atoms with Crippen LogP contribution in [0.25, 0.3) is 0 Å². The number of anilines is 1. The Morgan fingerprint density at radius 3 is 3.00 bits per heavy atom. The number of nitrogen functional groups attached to an aromatic ring is 1. The van der Waals surface area contributed by atoms with Crippen LogP contribution in [0.1, 0.15) is 18.0 Å². The number of aromatic nitrogens is 1. The summed E-state index contributed by atoms with van der Waals surface area (Å²) in [4.78, 5) is 4.26. The number of ether oxygens (including phenoxy) is 1. The highest BCUT2D eigenvalue weighted by Gasteiger charge is 2.18. The highest BCUT2D eigenvalue weighted by molar-refractivity contribution is 5.35. The van der Waals surface area contributed by atoms with Crippen LogP contribution >= 0.6 is 0 Å². The maximum atomic E-state index is 5.53. The predicted molar refractivity (Wildman–Crippen MR) is 46.8 cm³/mol. The molecular weight excluding hydrogens is 152 g/mol. The average Bonchev–Trinajstić information content (AvgIpc) is 2.58. The molecule has 64 valence electrons. The molecule has 2 heterocycles. The predicted octanol–water partition coefficient (Wildman–Crippen LogP) is 1.17. The largest absolute Gasteiger partial charge is 0.397 e. The molecule has 0 radical (unpaired) electrons. The first kappa shape index (κ1) is 7.55. The van der Waals surface area contributed by atoms with Gasteiger partial charge >= 0.3 is 0 Å². The zero-order valence-corrected chi connectivity index (χ0v) is 6.86. The van der Waals surface area contributed by atoms with Crippen molar-refractivity contribution in [1.29, 1.82) is 0 Å². The van der Waals surface area contributed by atoms with E-state index in [1.165, 1.54) is 0 Å². The van der Waals surface area contributed by atoms with E-state index in [0.29, 0.717) is 5.92 Å². The van der Waals surface area contributed by atoms with Crippen molar-refractivity contribution < 1.29 is 4.74 Å². The SMILES string of the molecule is Nc1ccc(C2CCOC2)nc1. The number of nitrogens with zero attached hydrogens (tertiary/aromatic N) is 1. The third-order valence-electron chi connectivity index (χ3n) is 2.16. The van der Waals surface area contributed by atoms with Crippen molar-refractivity contribution in [2.45, 2.75) is 12.3 Å². The van der Waals surface area contributed by atoms with Gasteiger partial charge in [0.2, 0.25) is 0 Å². The number of rotatable bonds is 1. The van der Waals surface area contributed by atoms with E-state index in [1.54, 1.807) is 6.20 Å². The van der Waals surface area contributed by atoms with E-state index in [2.05, 4.69) is 4.98 Å². The molecule has 0 spiro atoms. The lowest BCUT2D eigenvalue weighted by atomic mass is 10.0. The van der Waals surface area contributed by atoms with Gasteiger partial charge < -0.3 is 10.5 Å². The van der Waals surface area contributed by atoms with Crippen LogP contribution in [-0.4, -0.2) is 18.2 Å². The van der Waals surface area contributed by atoms with Gasteiger partial charge in [-0.05, 0) is 18.6 Å². The van der Waals surface area contributed by atoms with Crippen LogP contribution in [0.2, 0.25) is 0 Å². The van der Waals surface area contributed by atoms with E-state index in [0.717, 1.165) is 31.0 Å². The van der Waals surface area contributed by atoms with Gasteiger partial charge in [0, 0.05) is 18.2 Å². The zero-order chi connectivity index (χ0) is 8.39. The summed E-state index contributed by atoms with van der Waals surface area (Å²) in [7, 11) is 0. The lowest BCUT2D eigenvalue weighted by molar-refractivity contribution is 0.193. The first-order chi connectivity index (χ1) is 5.86. The van der Waals surface area contributed by atoms with Gasteiger partial charge in [0.1, 0.15) is 0 Å². The van der Waals surface area contributed by atoms with Crippen molar-refractivity contribution in [2.75, 3.05) is 18.9 Å². The molecule has 1 aliphatic rings. The van der Waals surface area contributed by atoms with E-state index in [4.69, 9.17) is 10.5 Å². The summed E-state index contributed by atoms with van der Waals surface area (Å²) >= 11 is 0. The zero-order valence-electron chi connectivity index (χ0n) is 6.86. The Kier molecular flexibility index (Phi) is 1.96. The van der Waals surface area contributed by atoms with Crippen molar-refractivity contribution in [3.8, 4) is 0 Å². The lowest BCUT2D eigenvalue weighted by Crippen LogP contribution is -2.00. The molecule has 1 atom stereocenters. The number of nitrogens with two attached hydrogens (primary N) is 1. The Morgan fingerprint density at radius 2 is 2.42 bits per heavy atom. The number of hydrogen-bond acceptors (Lipinski definition) is 3. The standard InChI is InChI=1S/C9H12N2O/c10-8-1-2-9(11-5-8)7-3-4-12-6-7/h1-2,5,7H,3-4,6,10H2. The van der Waals surface area contributed by atoms with Crippen molar-refractivity contribution >= 4 is 5.69 Å². The Balaban J connectivity index is 2.17. The molecule has 0 amide bonds. The lowest BCUT2D eigenvalue weighted by Gasteiger charge is -2.05. The second-order valence-corrected chi connectivity index (χ2v) is 3.08. The van der Waals surface area contributed by atoms with Gasteiger partial charge in [-0.3, -0.25) is 4.98 Å². The van der Waals surface area contributed by atoms with E-state index in [1.807, 2.05) is 12.1 Å². The van der Waals surface area contributed by atoms with Gasteiger partial charge in [0.15, 0.2) is 0 Å². The first-order valence-electron chi connectivity index (χ1n) is 4.15. The summed E-state index contributed by atoms with van der Waals surface area (Å²) in [5.74, 6) is 0.477. The number of hydrogen-bond donors (Lipinski definition) is 1. The Morgan fingerprint density at radius 1 is 1.50 bits per heavy atom.